The second-order valence-corrected chi connectivity index (χ2v) is 5.59. The van der Waals surface area contributed by atoms with Crippen molar-refractivity contribution in [3.8, 4) is 11.5 Å². The number of rotatable bonds is 3. The van der Waals surface area contributed by atoms with Gasteiger partial charge in [0.05, 0.1) is 5.52 Å². The third kappa shape index (κ3) is 2.91. The highest BCUT2D eigenvalue weighted by Gasteiger charge is 2.14. The number of hydrogen-bond donors (Lipinski definition) is 1. The van der Waals surface area contributed by atoms with E-state index >= 15 is 0 Å². The van der Waals surface area contributed by atoms with Crippen molar-refractivity contribution in [2.45, 2.75) is 6.54 Å². The van der Waals surface area contributed by atoms with E-state index in [-0.39, 0.29) is 30.1 Å². The Labute approximate surface area is 141 Å². The van der Waals surface area contributed by atoms with Crippen LogP contribution in [0.3, 0.4) is 0 Å². The molecule has 0 aliphatic carbocycles. The van der Waals surface area contributed by atoms with Crippen LogP contribution in [0.15, 0.2) is 53.5 Å². The minimum Gasteiger partial charge on any atom is -0.454 e. The van der Waals surface area contributed by atoms with E-state index in [1.165, 1.54) is 30.5 Å². The number of fused-ring (bicyclic) bond motifs is 2. The van der Waals surface area contributed by atoms with Gasteiger partial charge in [-0.15, -0.1) is 0 Å². The Morgan fingerprint density at radius 2 is 1.96 bits per heavy atom. The average Bonchev–Trinajstić information content (AvgIpc) is 3.05. The van der Waals surface area contributed by atoms with Crippen LogP contribution in [0.25, 0.3) is 10.9 Å². The predicted molar refractivity (Wildman–Crippen MR) is 89.4 cm³/mol. The molecule has 0 saturated heterocycles. The second kappa shape index (κ2) is 5.94. The van der Waals surface area contributed by atoms with Crippen LogP contribution in [0.1, 0.15) is 0 Å². The number of anilines is 1. The van der Waals surface area contributed by atoms with Crippen LogP contribution < -0.4 is 20.2 Å². The quantitative estimate of drug-likeness (QED) is 0.795. The van der Waals surface area contributed by atoms with Gasteiger partial charge in [-0.1, -0.05) is 0 Å². The van der Waals surface area contributed by atoms with Crippen molar-refractivity contribution in [3.63, 3.8) is 0 Å². The van der Waals surface area contributed by atoms with Gasteiger partial charge in [-0.3, -0.25) is 9.59 Å². The molecule has 1 N–H and O–H groups in total. The van der Waals surface area contributed by atoms with Crippen molar-refractivity contribution in [1.29, 1.82) is 0 Å². The van der Waals surface area contributed by atoms with Gasteiger partial charge in [0.1, 0.15) is 12.4 Å². The molecular formula is C18H13FN2O4. The van der Waals surface area contributed by atoms with Crippen LogP contribution >= 0.6 is 0 Å². The molecule has 0 unspecified atom stereocenters. The maximum absolute atomic E-state index is 13.4. The molecule has 0 spiro atoms. The standard InChI is InChI=1S/C18H13FN2O4/c19-11-1-3-14-13(7-11)15(22)5-6-21(14)9-18(23)20-12-2-4-16-17(8-12)25-10-24-16/h1-8H,9-10H2,(H,20,23). The number of carbonyl (C=O) groups is 1. The number of aromatic nitrogens is 1. The molecule has 2 heterocycles. The lowest BCUT2D eigenvalue weighted by atomic mass is 10.2. The molecule has 0 fully saturated rings. The summed E-state index contributed by atoms with van der Waals surface area (Å²) in [7, 11) is 0. The molecule has 1 aromatic heterocycles. The molecule has 1 amide bonds. The molecule has 0 radical (unpaired) electrons. The zero-order valence-corrected chi connectivity index (χ0v) is 13.0. The highest BCUT2D eigenvalue weighted by molar-refractivity contribution is 5.92. The van der Waals surface area contributed by atoms with Crippen molar-refractivity contribution in [2.75, 3.05) is 12.1 Å². The van der Waals surface area contributed by atoms with E-state index in [1.807, 2.05) is 0 Å². The molecule has 0 bridgehead atoms. The summed E-state index contributed by atoms with van der Waals surface area (Å²) in [6, 6.07) is 10.3. The summed E-state index contributed by atoms with van der Waals surface area (Å²) in [6.45, 7) is 0.142. The highest BCUT2D eigenvalue weighted by atomic mass is 19.1. The SMILES string of the molecule is O=C(Cn1ccc(=O)c2cc(F)ccc21)Nc1ccc2c(c1)OCO2. The molecule has 1 aliphatic rings. The summed E-state index contributed by atoms with van der Waals surface area (Å²) < 4.78 is 25.4. The van der Waals surface area contributed by atoms with Crippen molar-refractivity contribution < 1.29 is 18.7 Å². The summed E-state index contributed by atoms with van der Waals surface area (Å²) >= 11 is 0. The van der Waals surface area contributed by atoms with Gasteiger partial charge < -0.3 is 19.4 Å². The lowest BCUT2D eigenvalue weighted by Crippen LogP contribution is -2.20. The Bertz CT molecular complexity index is 1040. The van der Waals surface area contributed by atoms with E-state index in [9.17, 15) is 14.0 Å². The summed E-state index contributed by atoms with van der Waals surface area (Å²) in [6.07, 6.45) is 1.52. The lowest BCUT2D eigenvalue weighted by molar-refractivity contribution is -0.116. The van der Waals surface area contributed by atoms with Crippen molar-refractivity contribution >= 4 is 22.5 Å². The summed E-state index contributed by atoms with van der Waals surface area (Å²) in [4.78, 5) is 24.2. The number of nitrogens with one attached hydrogen (secondary N) is 1. The van der Waals surface area contributed by atoms with E-state index in [2.05, 4.69) is 5.32 Å². The molecule has 25 heavy (non-hydrogen) atoms. The Balaban J connectivity index is 1.58. The van der Waals surface area contributed by atoms with Gasteiger partial charge in [0, 0.05) is 29.4 Å². The summed E-state index contributed by atoms with van der Waals surface area (Å²) in [5.41, 5.74) is 0.780. The number of ether oxygens (including phenoxy) is 2. The van der Waals surface area contributed by atoms with E-state index in [1.54, 1.807) is 22.8 Å². The Hall–Kier alpha value is -3.35. The number of amides is 1. The predicted octanol–water partition coefficient (Wildman–Crippen LogP) is 2.51. The van der Waals surface area contributed by atoms with E-state index in [4.69, 9.17) is 9.47 Å². The minimum absolute atomic E-state index is 0.0170. The molecule has 3 aromatic rings. The van der Waals surface area contributed by atoms with Gasteiger partial charge in [0.25, 0.3) is 0 Å². The summed E-state index contributed by atoms with van der Waals surface area (Å²) in [5.74, 6) is 0.425. The first-order chi connectivity index (χ1) is 12.1. The summed E-state index contributed by atoms with van der Waals surface area (Å²) in [5, 5.41) is 3.00. The normalized spacial score (nSPS) is 12.4. The fourth-order valence-electron chi connectivity index (χ4n) is 2.75. The topological polar surface area (TPSA) is 69.6 Å². The third-order valence-corrected chi connectivity index (χ3v) is 3.91. The number of halogens is 1. The van der Waals surface area contributed by atoms with Gasteiger partial charge in [-0.05, 0) is 30.3 Å². The first kappa shape index (κ1) is 15.2. The van der Waals surface area contributed by atoms with E-state index < -0.39 is 5.82 Å². The number of nitrogens with zero attached hydrogens (tertiary/aromatic N) is 1. The van der Waals surface area contributed by atoms with Gasteiger partial charge >= 0.3 is 0 Å². The fraction of sp³-hybridized carbons (Fsp3) is 0.111. The van der Waals surface area contributed by atoms with Crippen LogP contribution in [-0.2, 0) is 11.3 Å². The highest BCUT2D eigenvalue weighted by Crippen LogP contribution is 2.34. The van der Waals surface area contributed by atoms with E-state index in [0.29, 0.717) is 22.7 Å². The van der Waals surface area contributed by atoms with Crippen LogP contribution in [0.2, 0.25) is 0 Å². The molecule has 2 aromatic carbocycles. The molecule has 0 atom stereocenters. The van der Waals surface area contributed by atoms with Gasteiger partial charge in [-0.2, -0.15) is 0 Å². The van der Waals surface area contributed by atoms with Crippen LogP contribution in [-0.4, -0.2) is 17.3 Å². The van der Waals surface area contributed by atoms with Crippen LogP contribution in [0.5, 0.6) is 11.5 Å². The number of hydrogen-bond acceptors (Lipinski definition) is 4. The third-order valence-electron chi connectivity index (χ3n) is 3.91. The van der Waals surface area contributed by atoms with Crippen LogP contribution in [0, 0.1) is 5.82 Å². The Morgan fingerprint density at radius 1 is 1.12 bits per heavy atom. The first-order valence-corrected chi connectivity index (χ1v) is 7.58. The maximum atomic E-state index is 13.4. The average molecular weight is 340 g/mol. The monoisotopic (exact) mass is 340 g/mol. The second-order valence-electron chi connectivity index (χ2n) is 5.59. The van der Waals surface area contributed by atoms with Crippen molar-refractivity contribution in [1.82, 2.24) is 4.57 Å². The number of carbonyl (C=O) groups excluding carboxylic acids is 1. The van der Waals surface area contributed by atoms with Crippen LogP contribution in [0.4, 0.5) is 10.1 Å². The van der Waals surface area contributed by atoms with Gasteiger partial charge in [0.15, 0.2) is 16.9 Å². The molecule has 4 rings (SSSR count). The number of benzene rings is 2. The maximum Gasteiger partial charge on any atom is 0.244 e. The van der Waals surface area contributed by atoms with Gasteiger partial charge in [0.2, 0.25) is 12.7 Å². The number of pyridine rings is 1. The van der Waals surface area contributed by atoms with Gasteiger partial charge in [-0.25, -0.2) is 4.39 Å². The Morgan fingerprint density at radius 3 is 2.84 bits per heavy atom. The molecule has 6 nitrogen and oxygen atoms in total. The smallest absolute Gasteiger partial charge is 0.244 e. The zero-order chi connectivity index (χ0) is 17.4. The molecule has 1 aliphatic heterocycles. The minimum atomic E-state index is -0.493. The van der Waals surface area contributed by atoms with Crippen molar-refractivity contribution in [3.05, 3.63) is 64.7 Å². The molecule has 7 heteroatoms. The molecule has 0 saturated carbocycles. The lowest BCUT2D eigenvalue weighted by Gasteiger charge is -2.11. The van der Waals surface area contributed by atoms with E-state index in [0.717, 1.165) is 0 Å². The zero-order valence-electron chi connectivity index (χ0n) is 13.0. The molecular weight excluding hydrogens is 327 g/mol. The molecule has 126 valence electrons. The van der Waals surface area contributed by atoms with Crippen molar-refractivity contribution in [2.24, 2.45) is 0 Å². The largest absolute Gasteiger partial charge is 0.454 e. The fourth-order valence-corrected chi connectivity index (χ4v) is 2.75. The Kier molecular flexibility index (Phi) is 3.61. The first-order valence-electron chi connectivity index (χ1n) is 7.58.